The first-order chi connectivity index (χ1) is 12.5. The Morgan fingerprint density at radius 3 is 2.88 bits per heavy atom. The van der Waals surface area contributed by atoms with Gasteiger partial charge in [0.1, 0.15) is 5.82 Å². The van der Waals surface area contributed by atoms with Crippen LogP contribution in [0.3, 0.4) is 0 Å². The maximum Gasteiger partial charge on any atom is 0.222 e. The Kier molecular flexibility index (Phi) is 4.63. The molecule has 1 fully saturated rings. The smallest absolute Gasteiger partial charge is 0.222 e. The van der Waals surface area contributed by atoms with Gasteiger partial charge in [0.25, 0.3) is 0 Å². The van der Waals surface area contributed by atoms with Crippen LogP contribution in [0.1, 0.15) is 29.3 Å². The molecule has 2 aliphatic rings. The van der Waals surface area contributed by atoms with Crippen molar-refractivity contribution in [2.24, 2.45) is 0 Å². The van der Waals surface area contributed by atoms with Crippen molar-refractivity contribution in [3.05, 3.63) is 40.0 Å². The van der Waals surface area contributed by atoms with Gasteiger partial charge in [0.2, 0.25) is 5.95 Å². The van der Waals surface area contributed by atoms with Gasteiger partial charge in [-0.2, -0.15) is 4.98 Å². The van der Waals surface area contributed by atoms with Gasteiger partial charge < -0.3 is 20.3 Å². The number of rotatable bonds is 2. The van der Waals surface area contributed by atoms with E-state index >= 15 is 0 Å². The number of ether oxygens (including phenoxy) is 1. The van der Waals surface area contributed by atoms with E-state index in [1.165, 1.54) is 11.3 Å². The summed E-state index contributed by atoms with van der Waals surface area (Å²) in [6.07, 6.45) is 1.98. The van der Waals surface area contributed by atoms with Crippen molar-refractivity contribution in [3.63, 3.8) is 0 Å². The number of benzene rings is 1. The summed E-state index contributed by atoms with van der Waals surface area (Å²) in [6.45, 7) is 5.12. The topological polar surface area (TPSA) is 67.5 Å². The quantitative estimate of drug-likeness (QED) is 0.872. The number of aryl methyl sites for hydroxylation is 1. The molecule has 2 N–H and O–H groups in total. The van der Waals surface area contributed by atoms with Crippen LogP contribution in [0.2, 0.25) is 5.02 Å². The molecule has 3 heterocycles. The van der Waals surface area contributed by atoms with Crippen LogP contribution in [-0.4, -0.2) is 43.3 Å². The first-order valence-corrected chi connectivity index (χ1v) is 9.40. The van der Waals surface area contributed by atoms with E-state index in [9.17, 15) is 0 Å². The van der Waals surface area contributed by atoms with Crippen LogP contribution in [0, 0.1) is 6.92 Å². The van der Waals surface area contributed by atoms with Crippen LogP contribution >= 0.6 is 11.6 Å². The van der Waals surface area contributed by atoms with Crippen LogP contribution in [0.5, 0.6) is 0 Å². The molecule has 1 atom stereocenters. The predicted molar refractivity (Wildman–Crippen MR) is 105 cm³/mol. The largest absolute Gasteiger partial charge is 0.379 e. The fourth-order valence-electron chi connectivity index (χ4n) is 3.88. The zero-order valence-corrected chi connectivity index (χ0v) is 16.0. The first-order valence-electron chi connectivity index (χ1n) is 9.02. The summed E-state index contributed by atoms with van der Waals surface area (Å²) in [5.74, 6) is 1.13. The van der Waals surface area contributed by atoms with Crippen molar-refractivity contribution in [3.8, 4) is 0 Å². The Hall–Kier alpha value is -2.05. The second-order valence-corrected chi connectivity index (χ2v) is 7.44. The molecule has 0 saturated carbocycles. The molecule has 2 aliphatic heterocycles. The van der Waals surface area contributed by atoms with Crippen molar-refractivity contribution >= 4 is 29.1 Å². The molecule has 0 aliphatic carbocycles. The van der Waals surface area contributed by atoms with Crippen LogP contribution in [0.15, 0.2) is 18.2 Å². The van der Waals surface area contributed by atoms with Gasteiger partial charge in [-0.3, -0.25) is 0 Å². The zero-order chi connectivity index (χ0) is 18.3. The molecule has 6 nitrogen and oxygen atoms in total. The maximum absolute atomic E-state index is 6.71. The Morgan fingerprint density at radius 2 is 2.08 bits per heavy atom. The number of aromatic nitrogens is 2. The van der Waals surface area contributed by atoms with E-state index in [1.54, 1.807) is 0 Å². The highest BCUT2D eigenvalue weighted by molar-refractivity contribution is 6.31. The third-order valence-corrected chi connectivity index (χ3v) is 5.50. The van der Waals surface area contributed by atoms with Crippen LogP contribution < -0.4 is 15.5 Å². The third-order valence-electron chi connectivity index (χ3n) is 5.18. The number of anilines is 3. The van der Waals surface area contributed by atoms with Crippen LogP contribution in [0.25, 0.3) is 0 Å². The predicted octanol–water partition coefficient (Wildman–Crippen LogP) is 2.98. The maximum atomic E-state index is 6.71. The first kappa shape index (κ1) is 17.4. The SMILES string of the molecule is Cc1cc(N2CCCOC[C@H]2c2cc3c(cc2Cl)N(C)CC3)nc(N)n1. The average molecular weight is 374 g/mol. The highest BCUT2D eigenvalue weighted by Crippen LogP contribution is 2.38. The molecule has 0 unspecified atom stereocenters. The van der Waals surface area contributed by atoms with Crippen LogP contribution in [0.4, 0.5) is 17.5 Å². The lowest BCUT2D eigenvalue weighted by Gasteiger charge is -2.32. The van der Waals surface area contributed by atoms with Crippen molar-refractivity contribution in [1.29, 1.82) is 0 Å². The second-order valence-electron chi connectivity index (χ2n) is 7.04. The molecule has 1 saturated heterocycles. The number of nitrogen functional groups attached to an aromatic ring is 1. The highest BCUT2D eigenvalue weighted by atomic mass is 35.5. The lowest BCUT2D eigenvalue weighted by Crippen LogP contribution is -2.32. The number of fused-ring (bicyclic) bond motifs is 1. The minimum atomic E-state index is 0.00917. The summed E-state index contributed by atoms with van der Waals surface area (Å²) >= 11 is 6.71. The van der Waals surface area contributed by atoms with Crippen molar-refractivity contribution in [2.75, 3.05) is 48.9 Å². The Bertz CT molecular complexity index is 808. The molecule has 1 aromatic carbocycles. The number of nitrogens with two attached hydrogens (primary N) is 1. The molecule has 138 valence electrons. The zero-order valence-electron chi connectivity index (χ0n) is 15.2. The van der Waals surface area contributed by atoms with Crippen molar-refractivity contribution in [1.82, 2.24) is 9.97 Å². The number of likely N-dealkylation sites (N-methyl/N-ethyl adjacent to an activating group) is 1. The van der Waals surface area contributed by atoms with Gasteiger partial charge in [-0.05, 0) is 37.0 Å². The van der Waals surface area contributed by atoms with Crippen LogP contribution in [-0.2, 0) is 11.2 Å². The molecule has 0 bridgehead atoms. The minimum absolute atomic E-state index is 0.00917. The summed E-state index contributed by atoms with van der Waals surface area (Å²) in [5.41, 5.74) is 10.4. The molecule has 7 heteroatoms. The summed E-state index contributed by atoms with van der Waals surface area (Å²) in [6, 6.07) is 6.31. The van der Waals surface area contributed by atoms with Gasteiger partial charge in [0, 0.05) is 49.2 Å². The van der Waals surface area contributed by atoms with Crippen molar-refractivity contribution < 1.29 is 4.74 Å². The number of hydrogen-bond donors (Lipinski definition) is 1. The van der Waals surface area contributed by atoms with E-state index in [-0.39, 0.29) is 6.04 Å². The van der Waals surface area contributed by atoms with Gasteiger partial charge in [-0.1, -0.05) is 17.7 Å². The number of nitrogens with zero attached hydrogens (tertiary/aromatic N) is 4. The van der Waals surface area contributed by atoms with Gasteiger partial charge >= 0.3 is 0 Å². The lowest BCUT2D eigenvalue weighted by atomic mass is 10.0. The second kappa shape index (κ2) is 6.93. The minimum Gasteiger partial charge on any atom is -0.379 e. The summed E-state index contributed by atoms with van der Waals surface area (Å²) in [4.78, 5) is 13.2. The molecule has 0 amide bonds. The molecule has 0 radical (unpaired) electrons. The Labute approximate surface area is 158 Å². The van der Waals surface area contributed by atoms with E-state index in [0.29, 0.717) is 12.6 Å². The molecule has 0 spiro atoms. The van der Waals surface area contributed by atoms with E-state index in [0.717, 1.165) is 54.6 Å². The highest BCUT2D eigenvalue weighted by Gasteiger charge is 2.29. The van der Waals surface area contributed by atoms with E-state index in [4.69, 9.17) is 22.1 Å². The average Bonchev–Trinajstić information content (AvgIpc) is 2.81. The Morgan fingerprint density at radius 1 is 1.23 bits per heavy atom. The van der Waals surface area contributed by atoms with E-state index in [1.807, 2.05) is 13.0 Å². The molecule has 26 heavy (non-hydrogen) atoms. The van der Waals surface area contributed by atoms with Gasteiger partial charge in [0.15, 0.2) is 0 Å². The van der Waals surface area contributed by atoms with Gasteiger partial charge in [-0.25, -0.2) is 4.98 Å². The third kappa shape index (κ3) is 3.19. The molecule has 2 aromatic rings. The number of halogens is 1. The monoisotopic (exact) mass is 373 g/mol. The molecule has 1 aromatic heterocycles. The summed E-state index contributed by atoms with van der Waals surface area (Å²) < 4.78 is 5.88. The Balaban J connectivity index is 1.77. The summed E-state index contributed by atoms with van der Waals surface area (Å²) in [7, 11) is 2.11. The standard InChI is InChI=1S/C19H24ClN5O/c1-12-8-18(23-19(21)22-12)25-5-3-7-26-11-17(25)14-9-13-4-6-24(2)16(13)10-15(14)20/h8-10,17H,3-7,11H2,1-2H3,(H2,21,22,23)/t17-/m0/s1. The van der Waals surface area contributed by atoms with E-state index in [2.05, 4.69) is 38.9 Å². The van der Waals surface area contributed by atoms with Crippen molar-refractivity contribution in [2.45, 2.75) is 25.8 Å². The number of hydrogen-bond acceptors (Lipinski definition) is 6. The molecular weight excluding hydrogens is 350 g/mol. The van der Waals surface area contributed by atoms with Gasteiger partial charge in [0.05, 0.1) is 12.6 Å². The lowest BCUT2D eigenvalue weighted by molar-refractivity contribution is 0.134. The van der Waals surface area contributed by atoms with Gasteiger partial charge in [-0.15, -0.1) is 0 Å². The molecular formula is C19H24ClN5O. The normalized spacial score (nSPS) is 20.2. The van der Waals surface area contributed by atoms with E-state index < -0.39 is 0 Å². The molecule has 4 rings (SSSR count). The fourth-order valence-corrected chi connectivity index (χ4v) is 4.16. The fraction of sp³-hybridized carbons (Fsp3) is 0.474. The summed E-state index contributed by atoms with van der Waals surface area (Å²) in [5, 5.41) is 0.775.